The van der Waals surface area contributed by atoms with Crippen LogP contribution in [0, 0.1) is 11.3 Å². The Balaban J connectivity index is 1.16. The molecule has 0 bridgehead atoms. The molecule has 0 aliphatic carbocycles. The van der Waals surface area contributed by atoms with Crippen LogP contribution in [0.1, 0.15) is 55.3 Å². The average molecular weight is 542 g/mol. The minimum absolute atomic E-state index is 0.178. The molecule has 2 aromatic heterocycles. The monoisotopic (exact) mass is 541 g/mol. The Morgan fingerprint density at radius 1 is 1.05 bits per heavy atom. The fourth-order valence-corrected chi connectivity index (χ4v) is 5.26. The Labute approximate surface area is 233 Å². The zero-order valence-electron chi connectivity index (χ0n) is 23.3. The van der Waals surface area contributed by atoms with Crippen molar-refractivity contribution in [2.24, 2.45) is 5.73 Å². The van der Waals surface area contributed by atoms with E-state index in [1.807, 2.05) is 57.3 Å². The van der Waals surface area contributed by atoms with E-state index in [2.05, 4.69) is 15.9 Å². The molecular formula is C31H35N5O4. The molecule has 9 nitrogen and oxygen atoms in total. The van der Waals surface area contributed by atoms with Crippen molar-refractivity contribution in [3.05, 3.63) is 65.5 Å². The van der Waals surface area contributed by atoms with Crippen LogP contribution in [0.25, 0.3) is 21.9 Å². The number of carbonyl (C=O) groups excluding carboxylic acids is 2. The number of fused-ring (bicyclic) bond motifs is 2. The van der Waals surface area contributed by atoms with Crippen molar-refractivity contribution in [1.29, 1.82) is 5.26 Å². The molecule has 0 spiro atoms. The van der Waals surface area contributed by atoms with E-state index in [1.165, 1.54) is 0 Å². The van der Waals surface area contributed by atoms with E-state index in [0.717, 1.165) is 79.5 Å². The van der Waals surface area contributed by atoms with Crippen molar-refractivity contribution in [3.63, 3.8) is 0 Å². The Hall–Kier alpha value is -4.29. The van der Waals surface area contributed by atoms with Crippen LogP contribution in [-0.2, 0) is 11.2 Å². The summed E-state index contributed by atoms with van der Waals surface area (Å²) in [7, 11) is 0. The van der Waals surface area contributed by atoms with Crippen LogP contribution >= 0.6 is 0 Å². The molecule has 5 rings (SSSR count). The molecule has 1 aliphatic rings. The van der Waals surface area contributed by atoms with Gasteiger partial charge in [-0.05, 0) is 94.6 Å². The van der Waals surface area contributed by atoms with E-state index in [9.17, 15) is 14.9 Å². The number of aryl methyl sites for hydroxylation is 1. The number of nitriles is 1. The van der Waals surface area contributed by atoms with E-state index in [1.54, 1.807) is 16.7 Å². The SMILES string of the molecule is CC(C)(C)OC(=O)n1cc(CCCCN2CCN(c3ccc4oc(C(N)=O)cc4c3)CC2)c2cc(C#N)ccc21. The number of rotatable bonds is 7. The third-order valence-corrected chi connectivity index (χ3v) is 7.26. The van der Waals surface area contributed by atoms with Gasteiger partial charge in [-0.2, -0.15) is 5.26 Å². The van der Waals surface area contributed by atoms with Gasteiger partial charge in [0.2, 0.25) is 0 Å². The maximum atomic E-state index is 12.8. The second kappa shape index (κ2) is 11.1. The van der Waals surface area contributed by atoms with Gasteiger partial charge in [-0.1, -0.05) is 0 Å². The number of amides is 1. The lowest BCUT2D eigenvalue weighted by molar-refractivity contribution is 0.0544. The Morgan fingerprint density at radius 2 is 1.82 bits per heavy atom. The molecule has 1 fully saturated rings. The molecule has 0 radical (unpaired) electrons. The van der Waals surface area contributed by atoms with Gasteiger partial charge >= 0.3 is 6.09 Å². The van der Waals surface area contributed by atoms with E-state index in [4.69, 9.17) is 14.9 Å². The number of hydrogen-bond donors (Lipinski definition) is 1. The van der Waals surface area contributed by atoms with Gasteiger partial charge in [0.05, 0.1) is 17.1 Å². The summed E-state index contributed by atoms with van der Waals surface area (Å²) >= 11 is 0. The van der Waals surface area contributed by atoms with Gasteiger partial charge in [-0.3, -0.25) is 14.3 Å². The fraction of sp³-hybridized carbons (Fsp3) is 0.387. The van der Waals surface area contributed by atoms with Crippen LogP contribution in [0.15, 0.2) is 53.1 Å². The first kappa shape index (κ1) is 27.3. The quantitative estimate of drug-likeness (QED) is 0.316. The zero-order chi connectivity index (χ0) is 28.4. The topological polar surface area (TPSA) is 118 Å². The normalized spacial score (nSPS) is 14.5. The molecule has 0 atom stereocenters. The van der Waals surface area contributed by atoms with Crippen LogP contribution in [0.3, 0.4) is 0 Å². The van der Waals surface area contributed by atoms with Gasteiger partial charge in [0.15, 0.2) is 5.76 Å². The first-order chi connectivity index (χ1) is 19.1. The van der Waals surface area contributed by atoms with E-state index >= 15 is 0 Å². The lowest BCUT2D eigenvalue weighted by atomic mass is 10.0. The molecule has 2 aromatic carbocycles. The van der Waals surface area contributed by atoms with E-state index in [0.29, 0.717) is 11.1 Å². The number of nitrogens with two attached hydrogens (primary N) is 1. The molecule has 0 saturated carbocycles. The standard InChI is InChI=1S/C31H35N5O4/c1-31(2,3)40-30(38)36-20-22(25-16-21(19-32)7-9-26(25)36)6-4-5-11-34-12-14-35(15-13-34)24-8-10-27-23(17-24)18-28(39-27)29(33)37/h7-10,16-18,20H,4-6,11-15H2,1-3H3,(H2,33,37). The number of carbonyl (C=O) groups is 2. The van der Waals surface area contributed by atoms with Crippen LogP contribution in [0.2, 0.25) is 0 Å². The van der Waals surface area contributed by atoms with Crippen molar-refractivity contribution in [2.75, 3.05) is 37.6 Å². The molecule has 1 amide bonds. The van der Waals surface area contributed by atoms with E-state index < -0.39 is 17.6 Å². The summed E-state index contributed by atoms with van der Waals surface area (Å²) in [6, 6.07) is 15.3. The predicted octanol–water partition coefficient (Wildman–Crippen LogP) is 5.29. The summed E-state index contributed by atoms with van der Waals surface area (Å²) < 4.78 is 12.7. The molecule has 1 saturated heterocycles. The van der Waals surface area contributed by atoms with Gasteiger partial charge in [0.25, 0.3) is 5.91 Å². The number of unbranched alkanes of at least 4 members (excludes halogenated alkanes) is 1. The van der Waals surface area contributed by atoms with Gasteiger partial charge in [0, 0.05) is 48.8 Å². The number of ether oxygens (including phenoxy) is 1. The molecule has 1 aliphatic heterocycles. The second-order valence-corrected chi connectivity index (χ2v) is 11.3. The van der Waals surface area contributed by atoms with Crippen molar-refractivity contribution >= 4 is 39.6 Å². The lowest BCUT2D eigenvalue weighted by Crippen LogP contribution is -2.46. The minimum atomic E-state index is -0.592. The fourth-order valence-electron chi connectivity index (χ4n) is 5.26. The smallest absolute Gasteiger partial charge is 0.419 e. The van der Waals surface area contributed by atoms with Gasteiger partial charge < -0.3 is 19.8 Å². The summed E-state index contributed by atoms with van der Waals surface area (Å²) in [5.41, 5.74) is 8.92. The largest absolute Gasteiger partial charge is 0.451 e. The first-order valence-electron chi connectivity index (χ1n) is 13.7. The maximum absolute atomic E-state index is 12.8. The third kappa shape index (κ3) is 5.97. The number of hydrogen-bond acceptors (Lipinski definition) is 7. The number of aromatic nitrogens is 1. The van der Waals surface area contributed by atoms with Gasteiger partial charge in [-0.15, -0.1) is 0 Å². The molecule has 4 aromatic rings. The summed E-state index contributed by atoms with van der Waals surface area (Å²) in [5.74, 6) is -0.385. The third-order valence-electron chi connectivity index (χ3n) is 7.26. The molecule has 2 N–H and O–H groups in total. The first-order valence-corrected chi connectivity index (χ1v) is 13.7. The Morgan fingerprint density at radius 3 is 2.52 bits per heavy atom. The summed E-state index contributed by atoms with van der Waals surface area (Å²) in [6.45, 7) is 10.3. The molecule has 3 heterocycles. The predicted molar refractivity (Wildman–Crippen MR) is 155 cm³/mol. The van der Waals surface area contributed by atoms with Crippen LogP contribution in [-0.4, -0.2) is 59.8 Å². The molecular weight excluding hydrogens is 506 g/mol. The Kier molecular flexibility index (Phi) is 7.55. The highest BCUT2D eigenvalue weighted by Gasteiger charge is 2.22. The number of benzene rings is 2. The zero-order valence-corrected chi connectivity index (χ0v) is 23.3. The summed E-state index contributed by atoms with van der Waals surface area (Å²) in [5, 5.41) is 11.2. The highest BCUT2D eigenvalue weighted by molar-refractivity contribution is 5.96. The lowest BCUT2D eigenvalue weighted by Gasteiger charge is -2.36. The van der Waals surface area contributed by atoms with Crippen molar-refractivity contribution in [2.45, 2.75) is 45.6 Å². The maximum Gasteiger partial charge on any atom is 0.419 e. The van der Waals surface area contributed by atoms with Crippen molar-refractivity contribution in [3.8, 4) is 6.07 Å². The summed E-state index contributed by atoms with van der Waals surface area (Å²) in [4.78, 5) is 29.1. The van der Waals surface area contributed by atoms with E-state index in [-0.39, 0.29) is 5.76 Å². The van der Waals surface area contributed by atoms with Crippen molar-refractivity contribution in [1.82, 2.24) is 9.47 Å². The van der Waals surface area contributed by atoms with Crippen molar-refractivity contribution < 1.29 is 18.7 Å². The molecule has 9 heteroatoms. The number of anilines is 1. The highest BCUT2D eigenvalue weighted by Crippen LogP contribution is 2.27. The number of furan rings is 1. The number of piperazine rings is 1. The molecule has 40 heavy (non-hydrogen) atoms. The number of nitrogens with zero attached hydrogens (tertiary/aromatic N) is 4. The molecule has 208 valence electrons. The van der Waals surface area contributed by atoms with Crippen LogP contribution in [0.4, 0.5) is 10.5 Å². The molecule has 0 unspecified atom stereocenters. The summed E-state index contributed by atoms with van der Waals surface area (Å²) in [6.07, 6.45) is 4.28. The van der Waals surface area contributed by atoms with Crippen LogP contribution in [0.5, 0.6) is 0 Å². The van der Waals surface area contributed by atoms with Gasteiger partial charge in [0.1, 0.15) is 11.2 Å². The average Bonchev–Trinajstić information content (AvgIpc) is 3.52. The minimum Gasteiger partial charge on any atom is -0.451 e. The number of primary amides is 1. The second-order valence-electron chi connectivity index (χ2n) is 11.3. The van der Waals surface area contributed by atoms with Gasteiger partial charge in [-0.25, -0.2) is 4.79 Å². The van der Waals surface area contributed by atoms with Crippen LogP contribution < -0.4 is 10.6 Å². The highest BCUT2D eigenvalue weighted by atomic mass is 16.6. The Bertz CT molecular complexity index is 1600.